The normalized spacial score (nSPS) is 15.3. The largest absolute Gasteiger partial charge is 0.594 e. The van der Waals surface area contributed by atoms with E-state index in [1.54, 1.807) is 30.3 Å². The van der Waals surface area contributed by atoms with Gasteiger partial charge in [0, 0.05) is 21.2 Å². The maximum absolute atomic E-state index is 12.5. The summed E-state index contributed by atoms with van der Waals surface area (Å²) in [5.74, 6) is 0.804. The quantitative estimate of drug-likeness (QED) is 0.498. The summed E-state index contributed by atoms with van der Waals surface area (Å²) < 4.78 is 16.6. The molecule has 126 valence electrons. The van der Waals surface area contributed by atoms with E-state index in [9.17, 15) is 5.21 Å². The monoisotopic (exact) mass is 368 g/mol. The van der Waals surface area contributed by atoms with Crippen molar-refractivity contribution in [2.75, 3.05) is 26.4 Å². The van der Waals surface area contributed by atoms with Gasteiger partial charge in [0.15, 0.2) is 17.2 Å². The molecule has 3 rings (SSSR count). The highest BCUT2D eigenvalue weighted by atomic mass is 35.5. The summed E-state index contributed by atoms with van der Waals surface area (Å²) in [4.78, 5) is 0.443. The summed E-state index contributed by atoms with van der Waals surface area (Å²) in [6.45, 7) is 1.37. The molecule has 6 nitrogen and oxygen atoms in total. The molecule has 0 fully saturated rings. The van der Waals surface area contributed by atoms with Gasteiger partial charge >= 0.3 is 0 Å². The minimum absolute atomic E-state index is 0.188. The highest BCUT2D eigenvalue weighted by Gasteiger charge is 2.17. The molecule has 1 heterocycles. The lowest BCUT2D eigenvalue weighted by Gasteiger charge is -2.09. The van der Waals surface area contributed by atoms with Crippen LogP contribution in [-0.2, 0) is 4.74 Å². The number of nitrogens with zero attached hydrogens (tertiary/aromatic N) is 2. The maximum atomic E-state index is 12.5. The fourth-order valence-electron chi connectivity index (χ4n) is 2.13. The summed E-state index contributed by atoms with van der Waals surface area (Å²) in [6, 6.07) is 9.61. The lowest BCUT2D eigenvalue weighted by molar-refractivity contribution is -0.436. The summed E-state index contributed by atoms with van der Waals surface area (Å²) in [5, 5.41) is 17.4. The number of fused-ring (bicyclic) bond motifs is 2. The van der Waals surface area contributed by atoms with Crippen LogP contribution in [0, 0.1) is 5.21 Å². The Morgan fingerprint density at radius 3 is 2.25 bits per heavy atom. The van der Waals surface area contributed by atoms with E-state index >= 15 is 0 Å². The number of hydrogen-bond donors (Lipinski definition) is 0. The molecule has 1 aliphatic rings. The molecule has 0 unspecified atom stereocenters. The van der Waals surface area contributed by atoms with Crippen molar-refractivity contribution < 1.29 is 19.1 Å². The molecule has 0 aliphatic carbocycles. The summed E-state index contributed by atoms with van der Waals surface area (Å²) >= 11 is 12.0. The molecular weight excluding hydrogens is 355 g/mol. The number of hydrogen-bond acceptors (Lipinski definition) is 5. The number of halogens is 2. The van der Waals surface area contributed by atoms with Crippen molar-refractivity contribution in [2.45, 2.75) is 0 Å². The number of azo groups is 1. The van der Waals surface area contributed by atoms with Crippen molar-refractivity contribution in [1.82, 2.24) is 0 Å². The molecule has 0 aromatic heterocycles. The first kappa shape index (κ1) is 16.8. The van der Waals surface area contributed by atoms with Crippen LogP contribution in [0.3, 0.4) is 0 Å². The minimum atomic E-state index is 0.188. The van der Waals surface area contributed by atoms with Crippen molar-refractivity contribution in [3.05, 3.63) is 51.7 Å². The van der Waals surface area contributed by atoms with Gasteiger partial charge in [-0.1, -0.05) is 23.2 Å². The smallest absolute Gasteiger partial charge is 0.287 e. The van der Waals surface area contributed by atoms with Crippen LogP contribution in [0.25, 0.3) is 0 Å². The van der Waals surface area contributed by atoms with Crippen molar-refractivity contribution in [1.29, 1.82) is 0 Å². The van der Waals surface area contributed by atoms with Gasteiger partial charge in [0.2, 0.25) is 0 Å². The lowest BCUT2D eigenvalue weighted by Crippen LogP contribution is -2.12. The molecule has 8 heteroatoms. The van der Waals surface area contributed by atoms with Crippen LogP contribution in [0.4, 0.5) is 11.4 Å². The molecular formula is C16H14Cl2N2O4. The van der Waals surface area contributed by atoms with Crippen LogP contribution in [0.15, 0.2) is 41.5 Å². The van der Waals surface area contributed by atoms with Crippen LogP contribution >= 0.6 is 23.2 Å². The molecule has 0 N–H and O–H groups in total. The predicted octanol–water partition coefficient (Wildman–Crippen LogP) is 4.71. The summed E-state index contributed by atoms with van der Waals surface area (Å²) in [6.07, 6.45) is 0. The maximum Gasteiger partial charge on any atom is 0.287 e. The summed E-state index contributed by atoms with van der Waals surface area (Å²) in [7, 11) is 0. The first-order valence-electron chi connectivity index (χ1n) is 7.25. The van der Waals surface area contributed by atoms with E-state index in [0.717, 1.165) is 0 Å². The SMILES string of the molecule is [O-][N+]1=Nc2cc(Cl)ccc2OCCOCCOc2ccc(Cl)cc21. The summed E-state index contributed by atoms with van der Waals surface area (Å²) in [5.41, 5.74) is 0.496. The molecule has 0 atom stereocenters. The molecule has 0 bridgehead atoms. The van der Waals surface area contributed by atoms with Crippen LogP contribution in [-0.4, -0.2) is 31.3 Å². The fourth-order valence-corrected chi connectivity index (χ4v) is 2.46. The van der Waals surface area contributed by atoms with E-state index in [2.05, 4.69) is 5.11 Å². The van der Waals surface area contributed by atoms with Crippen molar-refractivity contribution in [3.63, 3.8) is 0 Å². The van der Waals surface area contributed by atoms with Gasteiger partial charge in [0.25, 0.3) is 5.69 Å². The Kier molecular flexibility index (Phi) is 5.40. The molecule has 2 aromatic carbocycles. The number of rotatable bonds is 0. The molecule has 2 aromatic rings. The van der Waals surface area contributed by atoms with Gasteiger partial charge in [-0.15, -0.1) is 0 Å². The van der Waals surface area contributed by atoms with Crippen molar-refractivity contribution in [2.24, 2.45) is 5.11 Å². The Morgan fingerprint density at radius 1 is 0.875 bits per heavy atom. The molecule has 0 saturated carbocycles. The van der Waals surface area contributed by atoms with Crippen LogP contribution in [0.2, 0.25) is 10.0 Å². The van der Waals surface area contributed by atoms with Gasteiger partial charge in [-0.25, -0.2) is 0 Å². The zero-order valence-corrected chi connectivity index (χ0v) is 14.1. The van der Waals surface area contributed by atoms with E-state index in [1.165, 1.54) is 6.07 Å². The van der Waals surface area contributed by atoms with Gasteiger partial charge in [-0.05, 0) is 35.2 Å². The van der Waals surface area contributed by atoms with Crippen LogP contribution < -0.4 is 9.47 Å². The Hall–Kier alpha value is -2.02. The second-order valence-electron chi connectivity index (χ2n) is 4.91. The average Bonchev–Trinajstić information content (AvgIpc) is 2.57. The predicted molar refractivity (Wildman–Crippen MR) is 90.1 cm³/mol. The van der Waals surface area contributed by atoms with E-state index < -0.39 is 0 Å². The molecule has 1 aliphatic heterocycles. The molecule has 0 saturated heterocycles. The second-order valence-corrected chi connectivity index (χ2v) is 5.78. The topological polar surface area (TPSA) is 66.1 Å². The Balaban J connectivity index is 2.07. The zero-order chi connectivity index (χ0) is 16.9. The van der Waals surface area contributed by atoms with Gasteiger partial charge in [-0.3, -0.25) is 0 Å². The lowest BCUT2D eigenvalue weighted by atomic mass is 10.3. The number of benzene rings is 2. The van der Waals surface area contributed by atoms with Crippen LogP contribution in [0.5, 0.6) is 11.5 Å². The van der Waals surface area contributed by atoms with E-state index in [0.29, 0.717) is 58.5 Å². The highest BCUT2D eigenvalue weighted by Crippen LogP contribution is 2.35. The molecule has 0 radical (unpaired) electrons. The van der Waals surface area contributed by atoms with Gasteiger partial charge < -0.3 is 19.4 Å². The highest BCUT2D eigenvalue weighted by molar-refractivity contribution is 6.31. The molecule has 0 spiro atoms. The van der Waals surface area contributed by atoms with Gasteiger partial charge in [0.05, 0.1) is 13.2 Å². The molecule has 0 amide bonds. The zero-order valence-electron chi connectivity index (χ0n) is 12.6. The van der Waals surface area contributed by atoms with Crippen molar-refractivity contribution >= 4 is 34.6 Å². The Morgan fingerprint density at radius 2 is 1.50 bits per heavy atom. The van der Waals surface area contributed by atoms with E-state index in [-0.39, 0.29) is 5.69 Å². The van der Waals surface area contributed by atoms with Gasteiger partial charge in [0.1, 0.15) is 13.2 Å². The number of ether oxygens (including phenoxy) is 3. The first-order chi connectivity index (χ1) is 11.6. The van der Waals surface area contributed by atoms with Crippen LogP contribution in [0.1, 0.15) is 0 Å². The van der Waals surface area contributed by atoms with Gasteiger partial charge in [-0.2, -0.15) is 0 Å². The standard InChI is InChI=1S/C16H14Cl2N2O4/c17-11-1-3-15-13(9-11)19-20(21)14-10-12(18)2-4-16(14)24-8-6-22-5-7-23-15/h1-4,9-10H,5-8H2. The minimum Gasteiger partial charge on any atom is -0.594 e. The third-order valence-electron chi connectivity index (χ3n) is 3.22. The van der Waals surface area contributed by atoms with E-state index in [4.69, 9.17) is 37.4 Å². The third kappa shape index (κ3) is 4.08. The second kappa shape index (κ2) is 7.70. The Bertz CT molecular complexity index is 768. The Labute approximate surface area is 148 Å². The van der Waals surface area contributed by atoms with E-state index in [1.807, 2.05) is 0 Å². The molecule has 24 heavy (non-hydrogen) atoms. The third-order valence-corrected chi connectivity index (χ3v) is 3.69. The fraction of sp³-hybridized carbons (Fsp3) is 0.250. The average molecular weight is 369 g/mol. The van der Waals surface area contributed by atoms with Crippen molar-refractivity contribution in [3.8, 4) is 11.5 Å². The first-order valence-corrected chi connectivity index (χ1v) is 8.00.